The summed E-state index contributed by atoms with van der Waals surface area (Å²) in [6, 6.07) is 0.511. The first kappa shape index (κ1) is 14.7. The van der Waals surface area contributed by atoms with Crippen LogP contribution in [0.5, 0.6) is 0 Å². The molecule has 5 heteroatoms. The molecule has 2 N–H and O–H groups in total. The van der Waals surface area contributed by atoms with E-state index in [0.29, 0.717) is 12.5 Å². The van der Waals surface area contributed by atoms with Gasteiger partial charge in [-0.1, -0.05) is 26.0 Å². The Hall–Kier alpha value is -0.390. The molecule has 0 spiro atoms. The van der Waals surface area contributed by atoms with E-state index in [-0.39, 0.29) is 11.8 Å². The number of hydrogen-bond acceptors (Lipinski definition) is 3. The number of hydrogen-bond donors (Lipinski definition) is 2. The normalized spacial score (nSPS) is 21.0. The second kappa shape index (κ2) is 7.13. The van der Waals surface area contributed by atoms with Crippen LogP contribution in [0.4, 0.5) is 0 Å². The summed E-state index contributed by atoms with van der Waals surface area (Å²) in [5, 5.41) is 3.22. The summed E-state index contributed by atoms with van der Waals surface area (Å²) in [7, 11) is -3.10. The summed E-state index contributed by atoms with van der Waals surface area (Å²) in [5.74, 6) is 0.215. The Kier molecular flexibility index (Phi) is 6.16. The first-order valence-electron chi connectivity index (χ1n) is 6.38. The molecule has 0 aliphatic heterocycles. The fourth-order valence-electron chi connectivity index (χ4n) is 1.87. The zero-order chi connectivity index (χ0) is 12.7. The van der Waals surface area contributed by atoms with Crippen molar-refractivity contribution in [2.24, 2.45) is 0 Å². The molecule has 17 heavy (non-hydrogen) atoms. The molecular weight excluding hydrogens is 236 g/mol. The third-order valence-corrected chi connectivity index (χ3v) is 4.28. The largest absolute Gasteiger partial charge is 0.314 e. The lowest BCUT2D eigenvalue weighted by Gasteiger charge is -2.19. The molecule has 0 amide bonds. The Morgan fingerprint density at radius 1 is 1.35 bits per heavy atom. The highest BCUT2D eigenvalue weighted by atomic mass is 32.2. The topological polar surface area (TPSA) is 58.2 Å². The number of sulfonamides is 1. The van der Waals surface area contributed by atoms with Gasteiger partial charge in [-0.3, -0.25) is 0 Å². The molecule has 100 valence electrons. The van der Waals surface area contributed by atoms with Crippen molar-refractivity contribution >= 4 is 10.0 Å². The molecule has 1 atom stereocenters. The predicted octanol–water partition coefficient (Wildman–Crippen LogP) is 1.40. The number of nitrogens with one attached hydrogen (secondary N) is 2. The zero-order valence-corrected chi connectivity index (χ0v) is 11.6. The van der Waals surface area contributed by atoms with E-state index in [4.69, 9.17) is 0 Å². The van der Waals surface area contributed by atoms with Crippen LogP contribution in [-0.4, -0.2) is 32.8 Å². The van der Waals surface area contributed by atoms with E-state index in [0.717, 1.165) is 25.8 Å². The van der Waals surface area contributed by atoms with E-state index in [1.807, 2.05) is 0 Å². The van der Waals surface area contributed by atoms with Crippen LogP contribution in [0, 0.1) is 0 Å². The lowest BCUT2D eigenvalue weighted by Crippen LogP contribution is -2.37. The molecule has 1 aliphatic rings. The second-order valence-electron chi connectivity index (χ2n) is 4.88. The summed E-state index contributed by atoms with van der Waals surface area (Å²) >= 11 is 0. The van der Waals surface area contributed by atoms with Crippen LogP contribution >= 0.6 is 0 Å². The fourth-order valence-corrected chi connectivity index (χ4v) is 3.23. The third kappa shape index (κ3) is 6.81. The zero-order valence-electron chi connectivity index (χ0n) is 10.8. The van der Waals surface area contributed by atoms with Crippen molar-refractivity contribution < 1.29 is 8.42 Å². The maximum atomic E-state index is 11.8. The van der Waals surface area contributed by atoms with Gasteiger partial charge in [-0.2, -0.15) is 0 Å². The van der Waals surface area contributed by atoms with Crippen LogP contribution in [0.15, 0.2) is 12.2 Å². The lowest BCUT2D eigenvalue weighted by molar-refractivity contribution is 0.517. The molecule has 0 bridgehead atoms. The van der Waals surface area contributed by atoms with Crippen molar-refractivity contribution in [1.29, 1.82) is 0 Å². The van der Waals surface area contributed by atoms with Crippen LogP contribution in [0.3, 0.4) is 0 Å². The minimum absolute atomic E-state index is 0.100. The molecule has 0 saturated heterocycles. The van der Waals surface area contributed by atoms with Crippen LogP contribution in [0.2, 0.25) is 0 Å². The highest BCUT2D eigenvalue weighted by molar-refractivity contribution is 7.89. The quantitative estimate of drug-likeness (QED) is 0.537. The third-order valence-electron chi connectivity index (χ3n) is 2.76. The van der Waals surface area contributed by atoms with Crippen LogP contribution in [0.1, 0.15) is 39.5 Å². The van der Waals surface area contributed by atoms with Gasteiger partial charge in [-0.15, -0.1) is 0 Å². The van der Waals surface area contributed by atoms with E-state index < -0.39 is 10.0 Å². The second-order valence-corrected chi connectivity index (χ2v) is 6.75. The van der Waals surface area contributed by atoms with E-state index in [2.05, 4.69) is 36.0 Å². The molecule has 0 aromatic rings. The SMILES string of the molecule is CC(C)NCCCS(=O)(=O)NC1CC=CCC1. The molecule has 0 aromatic carbocycles. The summed E-state index contributed by atoms with van der Waals surface area (Å²) in [4.78, 5) is 0. The Balaban J connectivity index is 2.23. The van der Waals surface area contributed by atoms with Crippen molar-refractivity contribution in [2.45, 2.75) is 51.6 Å². The predicted molar refractivity (Wildman–Crippen MR) is 71.5 cm³/mol. The summed E-state index contributed by atoms with van der Waals surface area (Å²) in [6.45, 7) is 4.87. The Bertz CT molecular complexity index is 336. The Labute approximate surface area is 105 Å². The molecule has 0 saturated carbocycles. The minimum Gasteiger partial charge on any atom is -0.314 e. The van der Waals surface area contributed by atoms with E-state index >= 15 is 0 Å². The highest BCUT2D eigenvalue weighted by Gasteiger charge is 2.17. The van der Waals surface area contributed by atoms with Gasteiger partial charge in [0.05, 0.1) is 5.75 Å². The van der Waals surface area contributed by atoms with Crippen molar-refractivity contribution in [2.75, 3.05) is 12.3 Å². The highest BCUT2D eigenvalue weighted by Crippen LogP contribution is 2.11. The molecular formula is C12H24N2O2S. The molecule has 0 fully saturated rings. The van der Waals surface area contributed by atoms with Gasteiger partial charge in [0, 0.05) is 12.1 Å². The van der Waals surface area contributed by atoms with Crippen molar-refractivity contribution in [3.8, 4) is 0 Å². The molecule has 1 aliphatic carbocycles. The summed E-state index contributed by atoms with van der Waals surface area (Å²) in [6.07, 6.45) is 7.54. The van der Waals surface area contributed by atoms with E-state index in [9.17, 15) is 8.42 Å². The van der Waals surface area contributed by atoms with Crippen LogP contribution in [0.25, 0.3) is 0 Å². The summed E-state index contributed by atoms with van der Waals surface area (Å²) in [5.41, 5.74) is 0. The molecule has 1 unspecified atom stereocenters. The standard InChI is InChI=1S/C12H24N2O2S/c1-11(2)13-9-6-10-17(15,16)14-12-7-4-3-5-8-12/h3-4,11-14H,5-10H2,1-2H3. The van der Waals surface area contributed by atoms with Gasteiger partial charge in [-0.25, -0.2) is 13.1 Å². The smallest absolute Gasteiger partial charge is 0.211 e. The van der Waals surface area contributed by atoms with Gasteiger partial charge in [0.1, 0.15) is 0 Å². The monoisotopic (exact) mass is 260 g/mol. The summed E-state index contributed by atoms with van der Waals surface area (Å²) < 4.78 is 26.3. The van der Waals surface area contributed by atoms with Gasteiger partial charge in [-0.05, 0) is 32.2 Å². The molecule has 0 heterocycles. The average Bonchev–Trinajstić information content (AvgIpc) is 2.25. The van der Waals surface area contributed by atoms with Gasteiger partial charge < -0.3 is 5.32 Å². The van der Waals surface area contributed by atoms with E-state index in [1.54, 1.807) is 0 Å². The maximum absolute atomic E-state index is 11.8. The number of rotatable bonds is 7. The Morgan fingerprint density at radius 2 is 2.12 bits per heavy atom. The molecule has 4 nitrogen and oxygen atoms in total. The van der Waals surface area contributed by atoms with Gasteiger partial charge in [0.25, 0.3) is 0 Å². The fraction of sp³-hybridized carbons (Fsp3) is 0.833. The molecule has 1 rings (SSSR count). The first-order chi connectivity index (χ1) is 7.99. The average molecular weight is 260 g/mol. The van der Waals surface area contributed by atoms with Gasteiger partial charge in [0.2, 0.25) is 10.0 Å². The van der Waals surface area contributed by atoms with Crippen molar-refractivity contribution in [3.05, 3.63) is 12.2 Å². The Morgan fingerprint density at radius 3 is 2.71 bits per heavy atom. The van der Waals surface area contributed by atoms with E-state index in [1.165, 1.54) is 0 Å². The van der Waals surface area contributed by atoms with Crippen LogP contribution < -0.4 is 10.0 Å². The van der Waals surface area contributed by atoms with Gasteiger partial charge >= 0.3 is 0 Å². The molecule has 0 radical (unpaired) electrons. The van der Waals surface area contributed by atoms with Crippen LogP contribution in [-0.2, 0) is 10.0 Å². The van der Waals surface area contributed by atoms with Crippen molar-refractivity contribution in [1.82, 2.24) is 10.0 Å². The minimum atomic E-state index is -3.10. The van der Waals surface area contributed by atoms with Gasteiger partial charge in [0.15, 0.2) is 0 Å². The molecule has 0 aromatic heterocycles. The maximum Gasteiger partial charge on any atom is 0.211 e. The number of allylic oxidation sites excluding steroid dienone is 1. The lowest BCUT2D eigenvalue weighted by atomic mass is 10.0. The first-order valence-corrected chi connectivity index (χ1v) is 8.03. The van der Waals surface area contributed by atoms with Crippen molar-refractivity contribution in [3.63, 3.8) is 0 Å².